The van der Waals surface area contributed by atoms with E-state index in [2.05, 4.69) is 37.3 Å². The van der Waals surface area contributed by atoms with Crippen molar-refractivity contribution in [2.75, 3.05) is 6.61 Å². The molecule has 0 aromatic heterocycles. The Bertz CT molecular complexity index is 544. The van der Waals surface area contributed by atoms with Crippen LogP contribution in [0.15, 0.2) is 48.5 Å². The summed E-state index contributed by atoms with van der Waals surface area (Å²) in [6.07, 6.45) is 1.34. The molecule has 0 N–H and O–H groups in total. The van der Waals surface area contributed by atoms with Crippen molar-refractivity contribution >= 4 is 0 Å². The maximum Gasteiger partial charge on any atom is 0.123 e. The van der Waals surface area contributed by atoms with Crippen molar-refractivity contribution in [1.29, 1.82) is 0 Å². The Morgan fingerprint density at radius 2 is 1.95 bits per heavy atom. The highest BCUT2D eigenvalue weighted by Gasteiger charge is 2.24. The molecule has 2 aromatic carbocycles. The summed E-state index contributed by atoms with van der Waals surface area (Å²) < 4.78 is 11.3. The van der Waals surface area contributed by atoms with Crippen molar-refractivity contribution in [1.82, 2.24) is 0 Å². The van der Waals surface area contributed by atoms with E-state index in [1.165, 1.54) is 16.7 Å². The third-order valence-electron chi connectivity index (χ3n) is 3.30. The van der Waals surface area contributed by atoms with Crippen molar-refractivity contribution in [3.05, 3.63) is 65.2 Å². The minimum absolute atomic E-state index is 0.390. The largest absolute Gasteiger partial charge is 0.489 e. The van der Waals surface area contributed by atoms with Crippen LogP contribution in [-0.4, -0.2) is 12.7 Å². The molecule has 2 heteroatoms. The van der Waals surface area contributed by atoms with Crippen molar-refractivity contribution in [3.8, 4) is 5.75 Å². The van der Waals surface area contributed by atoms with Gasteiger partial charge in [0.05, 0.1) is 12.7 Å². The Morgan fingerprint density at radius 1 is 1.16 bits per heavy atom. The second-order valence-corrected chi connectivity index (χ2v) is 5.04. The van der Waals surface area contributed by atoms with Crippen LogP contribution in [-0.2, 0) is 17.8 Å². The summed E-state index contributed by atoms with van der Waals surface area (Å²) in [7, 11) is 0. The van der Waals surface area contributed by atoms with Crippen LogP contribution < -0.4 is 4.74 Å². The number of benzene rings is 2. The van der Waals surface area contributed by atoms with Crippen molar-refractivity contribution in [2.45, 2.75) is 26.1 Å². The van der Waals surface area contributed by atoms with Gasteiger partial charge >= 0.3 is 0 Å². The second kappa shape index (κ2) is 5.45. The highest BCUT2D eigenvalue weighted by molar-refractivity contribution is 5.38. The SMILES string of the molecule is Cc1ccc(OCc2ccccc2)c(C[C@@H]2CO2)c1. The van der Waals surface area contributed by atoms with Crippen LogP contribution in [0.25, 0.3) is 0 Å². The fourth-order valence-corrected chi connectivity index (χ4v) is 2.18. The van der Waals surface area contributed by atoms with Gasteiger partial charge in [0.25, 0.3) is 0 Å². The standard InChI is InChI=1S/C17H18O2/c1-13-7-8-17(15(9-13)10-16-12-18-16)19-11-14-5-3-2-4-6-14/h2-9,16H,10-12H2,1H3/t16-/m1/s1. The molecule has 1 aliphatic rings. The molecule has 1 aliphatic heterocycles. The van der Waals surface area contributed by atoms with E-state index in [1.807, 2.05) is 18.2 Å². The van der Waals surface area contributed by atoms with Crippen molar-refractivity contribution < 1.29 is 9.47 Å². The van der Waals surface area contributed by atoms with E-state index in [0.29, 0.717) is 12.7 Å². The molecule has 0 aliphatic carbocycles. The number of rotatable bonds is 5. The van der Waals surface area contributed by atoms with E-state index in [0.717, 1.165) is 18.8 Å². The highest BCUT2D eigenvalue weighted by atomic mass is 16.6. The molecule has 98 valence electrons. The van der Waals surface area contributed by atoms with E-state index < -0.39 is 0 Å². The minimum Gasteiger partial charge on any atom is -0.489 e. The number of ether oxygens (including phenoxy) is 2. The first-order chi connectivity index (χ1) is 9.31. The van der Waals surface area contributed by atoms with Gasteiger partial charge in [-0.2, -0.15) is 0 Å². The predicted molar refractivity (Wildman–Crippen MR) is 75.4 cm³/mol. The van der Waals surface area contributed by atoms with Gasteiger partial charge in [0, 0.05) is 6.42 Å². The summed E-state index contributed by atoms with van der Waals surface area (Å²) in [6.45, 7) is 3.60. The molecule has 19 heavy (non-hydrogen) atoms. The third-order valence-corrected chi connectivity index (χ3v) is 3.30. The first kappa shape index (κ1) is 12.2. The Kier molecular flexibility index (Phi) is 3.51. The van der Waals surface area contributed by atoms with Gasteiger partial charge in [-0.3, -0.25) is 0 Å². The zero-order chi connectivity index (χ0) is 13.1. The first-order valence-corrected chi connectivity index (χ1v) is 6.69. The third kappa shape index (κ3) is 3.36. The van der Waals surface area contributed by atoms with Crippen LogP contribution in [0.5, 0.6) is 5.75 Å². The molecule has 2 aromatic rings. The molecule has 1 heterocycles. The average Bonchev–Trinajstić information content (AvgIpc) is 3.23. The summed E-state index contributed by atoms with van der Waals surface area (Å²) in [5, 5.41) is 0. The van der Waals surface area contributed by atoms with Gasteiger partial charge < -0.3 is 9.47 Å². The van der Waals surface area contributed by atoms with E-state index in [1.54, 1.807) is 0 Å². The lowest BCUT2D eigenvalue weighted by Crippen LogP contribution is -2.01. The van der Waals surface area contributed by atoms with Crippen LogP contribution in [0.3, 0.4) is 0 Å². The van der Waals surface area contributed by atoms with Crippen molar-refractivity contribution in [2.24, 2.45) is 0 Å². The van der Waals surface area contributed by atoms with Crippen molar-refractivity contribution in [3.63, 3.8) is 0 Å². The summed E-state index contributed by atoms with van der Waals surface area (Å²) in [5.41, 5.74) is 3.71. The van der Waals surface area contributed by atoms with E-state index >= 15 is 0 Å². The lowest BCUT2D eigenvalue weighted by atomic mass is 10.1. The fraction of sp³-hybridized carbons (Fsp3) is 0.294. The molecule has 0 radical (unpaired) electrons. The predicted octanol–water partition coefficient (Wildman–Crippen LogP) is 3.52. The van der Waals surface area contributed by atoms with Gasteiger partial charge in [0.15, 0.2) is 0 Å². The van der Waals surface area contributed by atoms with Crippen LogP contribution in [0.2, 0.25) is 0 Å². The normalized spacial score (nSPS) is 17.2. The molecule has 1 atom stereocenters. The molecule has 0 saturated carbocycles. The summed E-state index contributed by atoms with van der Waals surface area (Å²) >= 11 is 0. The molecule has 2 nitrogen and oxygen atoms in total. The van der Waals surface area contributed by atoms with Crippen LogP contribution >= 0.6 is 0 Å². The molecule has 3 rings (SSSR count). The molecular weight excluding hydrogens is 236 g/mol. The molecule has 0 bridgehead atoms. The number of hydrogen-bond acceptors (Lipinski definition) is 2. The zero-order valence-corrected chi connectivity index (χ0v) is 11.1. The van der Waals surface area contributed by atoms with Gasteiger partial charge in [-0.15, -0.1) is 0 Å². The molecule has 0 amide bonds. The van der Waals surface area contributed by atoms with Gasteiger partial charge in [-0.1, -0.05) is 48.0 Å². The molecule has 0 spiro atoms. The van der Waals surface area contributed by atoms with Gasteiger partial charge in [0.2, 0.25) is 0 Å². The number of aryl methyl sites for hydroxylation is 1. The lowest BCUT2D eigenvalue weighted by Gasteiger charge is -2.12. The van der Waals surface area contributed by atoms with Crippen LogP contribution in [0.1, 0.15) is 16.7 Å². The van der Waals surface area contributed by atoms with E-state index in [-0.39, 0.29) is 0 Å². The Balaban J connectivity index is 1.72. The van der Waals surface area contributed by atoms with Gasteiger partial charge in [0.1, 0.15) is 12.4 Å². The second-order valence-electron chi connectivity index (χ2n) is 5.04. The minimum atomic E-state index is 0.390. The van der Waals surface area contributed by atoms with E-state index in [9.17, 15) is 0 Å². The van der Waals surface area contributed by atoms with Gasteiger partial charge in [-0.25, -0.2) is 0 Å². The number of epoxide rings is 1. The maximum absolute atomic E-state index is 5.95. The molecule has 1 saturated heterocycles. The fourth-order valence-electron chi connectivity index (χ4n) is 2.18. The zero-order valence-electron chi connectivity index (χ0n) is 11.1. The molecule has 1 fully saturated rings. The van der Waals surface area contributed by atoms with Gasteiger partial charge in [-0.05, 0) is 24.1 Å². The Morgan fingerprint density at radius 3 is 2.68 bits per heavy atom. The summed E-state index contributed by atoms with van der Waals surface area (Å²) in [5.74, 6) is 0.977. The van der Waals surface area contributed by atoms with Crippen LogP contribution in [0, 0.1) is 6.92 Å². The highest BCUT2D eigenvalue weighted by Crippen LogP contribution is 2.26. The van der Waals surface area contributed by atoms with Crippen LogP contribution in [0.4, 0.5) is 0 Å². The Hall–Kier alpha value is -1.80. The summed E-state index contributed by atoms with van der Waals surface area (Å²) in [6, 6.07) is 16.6. The topological polar surface area (TPSA) is 21.8 Å². The lowest BCUT2D eigenvalue weighted by molar-refractivity contribution is 0.301. The summed E-state index contributed by atoms with van der Waals surface area (Å²) in [4.78, 5) is 0. The maximum atomic E-state index is 5.95. The smallest absolute Gasteiger partial charge is 0.123 e. The molecule has 0 unspecified atom stereocenters. The Labute approximate surface area is 114 Å². The number of hydrogen-bond donors (Lipinski definition) is 0. The quantitative estimate of drug-likeness (QED) is 0.761. The average molecular weight is 254 g/mol. The first-order valence-electron chi connectivity index (χ1n) is 6.69. The molecular formula is C17H18O2. The monoisotopic (exact) mass is 254 g/mol. The van der Waals surface area contributed by atoms with E-state index in [4.69, 9.17) is 9.47 Å².